The molecular formula is C22H38N4O2. The van der Waals surface area contributed by atoms with Crippen LogP contribution in [-0.2, 0) is 16.1 Å². The number of hydrogen-bond donors (Lipinski definition) is 2. The number of ether oxygens (including phenoxy) is 1. The molecule has 1 amide bonds. The van der Waals surface area contributed by atoms with E-state index in [1.807, 2.05) is 6.20 Å². The zero-order chi connectivity index (χ0) is 19.9. The summed E-state index contributed by atoms with van der Waals surface area (Å²) in [7, 11) is 0. The van der Waals surface area contributed by atoms with Crippen LogP contribution in [0.3, 0.4) is 0 Å². The Bertz CT molecular complexity index is 609. The van der Waals surface area contributed by atoms with Crippen molar-refractivity contribution in [2.24, 2.45) is 5.92 Å². The van der Waals surface area contributed by atoms with Crippen molar-refractivity contribution in [3.63, 3.8) is 0 Å². The third-order valence-corrected chi connectivity index (χ3v) is 6.23. The number of nitrogens with one attached hydrogen (secondary N) is 2. The highest BCUT2D eigenvalue weighted by atomic mass is 16.5. The van der Waals surface area contributed by atoms with Crippen LogP contribution in [0.5, 0.6) is 0 Å². The van der Waals surface area contributed by atoms with Crippen molar-refractivity contribution in [1.82, 2.24) is 20.2 Å². The van der Waals surface area contributed by atoms with Crippen LogP contribution in [0, 0.1) is 5.92 Å². The summed E-state index contributed by atoms with van der Waals surface area (Å²) in [6.07, 6.45) is 12.9. The fraction of sp³-hybridized carbons (Fsp3) is 0.818. The van der Waals surface area contributed by atoms with Gasteiger partial charge < -0.3 is 19.9 Å². The molecule has 2 aliphatic carbocycles. The van der Waals surface area contributed by atoms with Gasteiger partial charge in [-0.1, -0.05) is 19.8 Å². The van der Waals surface area contributed by atoms with E-state index in [4.69, 9.17) is 4.74 Å². The minimum Gasteiger partial charge on any atom is -0.377 e. The lowest BCUT2D eigenvalue weighted by Gasteiger charge is -2.37. The zero-order valence-electron chi connectivity index (χ0n) is 17.8. The lowest BCUT2D eigenvalue weighted by Crippen LogP contribution is -2.50. The molecule has 0 saturated heterocycles. The molecule has 0 radical (unpaired) electrons. The minimum atomic E-state index is 0.0333. The summed E-state index contributed by atoms with van der Waals surface area (Å²) in [4.78, 5) is 17.2. The van der Waals surface area contributed by atoms with Crippen LogP contribution in [0.2, 0.25) is 0 Å². The molecule has 2 aliphatic rings. The number of carbonyl (C=O) groups is 1. The van der Waals surface area contributed by atoms with E-state index in [-0.39, 0.29) is 17.9 Å². The van der Waals surface area contributed by atoms with Crippen LogP contribution < -0.4 is 10.6 Å². The van der Waals surface area contributed by atoms with E-state index in [0.717, 1.165) is 38.1 Å². The van der Waals surface area contributed by atoms with Crippen LogP contribution in [0.4, 0.5) is 0 Å². The van der Waals surface area contributed by atoms with Gasteiger partial charge in [-0.2, -0.15) is 0 Å². The molecule has 6 nitrogen and oxygen atoms in total. The Kier molecular flexibility index (Phi) is 7.91. The quantitative estimate of drug-likeness (QED) is 0.676. The Morgan fingerprint density at radius 2 is 2.07 bits per heavy atom. The van der Waals surface area contributed by atoms with Crippen LogP contribution in [0.1, 0.15) is 84.0 Å². The van der Waals surface area contributed by atoms with Gasteiger partial charge in [-0.05, 0) is 52.4 Å². The molecule has 3 rings (SSSR count). The Morgan fingerprint density at radius 3 is 2.79 bits per heavy atom. The van der Waals surface area contributed by atoms with Gasteiger partial charge in [0.15, 0.2) is 0 Å². The van der Waals surface area contributed by atoms with E-state index < -0.39 is 0 Å². The standard InChI is InChI=1S/C22H38N4O2/c1-4-13-28-20-14-17(9-10-19(20)25-18-7-5-6-8-18)22(27)24-15-21-23-11-12-26(21)16(2)3/h11-12,16-20,25H,4-10,13-15H2,1-3H3,(H,24,27)/t17-,19+,20+/m0/s1. The molecule has 2 fully saturated rings. The molecule has 2 saturated carbocycles. The van der Waals surface area contributed by atoms with Gasteiger partial charge in [0, 0.05) is 43.0 Å². The lowest BCUT2D eigenvalue weighted by atomic mass is 9.82. The first kappa shape index (κ1) is 21.3. The van der Waals surface area contributed by atoms with Crippen LogP contribution in [-0.4, -0.2) is 40.3 Å². The second kappa shape index (κ2) is 10.4. The molecule has 0 aliphatic heterocycles. The maximum atomic E-state index is 12.8. The number of rotatable bonds is 9. The zero-order valence-corrected chi connectivity index (χ0v) is 17.8. The first-order valence-electron chi connectivity index (χ1n) is 11.3. The largest absolute Gasteiger partial charge is 0.377 e. The maximum absolute atomic E-state index is 12.8. The average Bonchev–Trinajstić information content (AvgIpc) is 3.37. The number of carbonyl (C=O) groups excluding carboxylic acids is 1. The first-order valence-corrected chi connectivity index (χ1v) is 11.3. The molecule has 1 heterocycles. The van der Waals surface area contributed by atoms with Crippen molar-refractivity contribution in [3.05, 3.63) is 18.2 Å². The molecule has 0 unspecified atom stereocenters. The van der Waals surface area contributed by atoms with Crippen molar-refractivity contribution in [2.75, 3.05) is 6.61 Å². The Balaban J connectivity index is 1.53. The highest BCUT2D eigenvalue weighted by molar-refractivity contribution is 5.78. The third kappa shape index (κ3) is 5.57. The number of nitrogens with zero attached hydrogens (tertiary/aromatic N) is 2. The summed E-state index contributed by atoms with van der Waals surface area (Å²) in [5.41, 5.74) is 0. The molecule has 0 bridgehead atoms. The number of aromatic nitrogens is 2. The van der Waals surface area contributed by atoms with Crippen molar-refractivity contribution in [2.45, 2.75) is 103 Å². The molecule has 2 N–H and O–H groups in total. The molecule has 3 atom stereocenters. The van der Waals surface area contributed by atoms with Crippen LogP contribution >= 0.6 is 0 Å². The summed E-state index contributed by atoms with van der Waals surface area (Å²) in [6, 6.07) is 1.37. The smallest absolute Gasteiger partial charge is 0.223 e. The van der Waals surface area contributed by atoms with Crippen molar-refractivity contribution in [1.29, 1.82) is 0 Å². The third-order valence-electron chi connectivity index (χ3n) is 6.23. The van der Waals surface area contributed by atoms with E-state index in [2.05, 4.69) is 41.0 Å². The number of imidazole rings is 1. The Morgan fingerprint density at radius 1 is 1.29 bits per heavy atom. The summed E-state index contributed by atoms with van der Waals surface area (Å²) >= 11 is 0. The molecule has 6 heteroatoms. The molecule has 28 heavy (non-hydrogen) atoms. The predicted molar refractivity (Wildman–Crippen MR) is 111 cm³/mol. The number of amides is 1. The molecule has 0 aromatic carbocycles. The van der Waals surface area contributed by atoms with Gasteiger partial charge in [0.25, 0.3) is 0 Å². The van der Waals surface area contributed by atoms with Crippen molar-refractivity contribution >= 4 is 5.91 Å². The second-order valence-electron chi connectivity index (χ2n) is 8.74. The topological polar surface area (TPSA) is 68.2 Å². The Hall–Kier alpha value is -1.40. The number of hydrogen-bond acceptors (Lipinski definition) is 4. The van der Waals surface area contributed by atoms with E-state index in [1.54, 1.807) is 6.20 Å². The molecule has 1 aromatic heterocycles. The van der Waals surface area contributed by atoms with Crippen LogP contribution in [0.15, 0.2) is 12.4 Å². The molecule has 0 spiro atoms. The normalized spacial score (nSPS) is 26.1. The van der Waals surface area contributed by atoms with Gasteiger partial charge in [-0.15, -0.1) is 0 Å². The molecule has 1 aromatic rings. The van der Waals surface area contributed by atoms with E-state index in [0.29, 0.717) is 24.7 Å². The first-order chi connectivity index (χ1) is 13.6. The average molecular weight is 391 g/mol. The SMILES string of the molecule is CCCO[C@@H]1C[C@@H](C(=O)NCc2nccn2C(C)C)CC[C@H]1NC1CCCC1. The highest BCUT2D eigenvalue weighted by Gasteiger charge is 2.35. The van der Waals surface area contributed by atoms with E-state index in [9.17, 15) is 4.79 Å². The van der Waals surface area contributed by atoms with E-state index in [1.165, 1.54) is 25.7 Å². The summed E-state index contributed by atoms with van der Waals surface area (Å²) < 4.78 is 8.28. The molecule has 158 valence electrons. The van der Waals surface area contributed by atoms with Crippen molar-refractivity contribution in [3.8, 4) is 0 Å². The predicted octanol–water partition coefficient (Wildman–Crippen LogP) is 3.58. The van der Waals surface area contributed by atoms with E-state index >= 15 is 0 Å². The summed E-state index contributed by atoms with van der Waals surface area (Å²) in [6.45, 7) is 7.66. The fourth-order valence-electron chi connectivity index (χ4n) is 4.67. The van der Waals surface area contributed by atoms with Gasteiger partial charge in [0.2, 0.25) is 5.91 Å². The van der Waals surface area contributed by atoms with Gasteiger partial charge in [-0.25, -0.2) is 4.98 Å². The van der Waals surface area contributed by atoms with Gasteiger partial charge in [0.05, 0.1) is 12.6 Å². The Labute approximate surface area is 169 Å². The summed E-state index contributed by atoms with van der Waals surface area (Å²) in [5.74, 6) is 1.09. The van der Waals surface area contributed by atoms with Crippen molar-refractivity contribution < 1.29 is 9.53 Å². The fourth-order valence-corrected chi connectivity index (χ4v) is 4.67. The van der Waals surface area contributed by atoms with Gasteiger partial charge in [0.1, 0.15) is 5.82 Å². The highest BCUT2D eigenvalue weighted by Crippen LogP contribution is 2.29. The van der Waals surface area contributed by atoms with Crippen LogP contribution in [0.25, 0.3) is 0 Å². The van der Waals surface area contributed by atoms with Gasteiger partial charge >= 0.3 is 0 Å². The molecular weight excluding hydrogens is 352 g/mol. The lowest BCUT2D eigenvalue weighted by molar-refractivity contribution is -0.128. The minimum absolute atomic E-state index is 0.0333. The van der Waals surface area contributed by atoms with Gasteiger partial charge in [-0.3, -0.25) is 4.79 Å². The monoisotopic (exact) mass is 390 g/mol. The summed E-state index contributed by atoms with van der Waals surface area (Å²) in [5, 5.41) is 6.96. The maximum Gasteiger partial charge on any atom is 0.223 e. The second-order valence-corrected chi connectivity index (χ2v) is 8.74.